The van der Waals surface area contributed by atoms with Gasteiger partial charge >= 0.3 is 0 Å². The van der Waals surface area contributed by atoms with Gasteiger partial charge in [0.1, 0.15) is 0 Å². The quantitative estimate of drug-likeness (QED) is 0.512. The molecule has 2 heterocycles. The standard InChI is InChI=1S/C6H6.2C4H4S/c1-2-4-6-5-3-1;2*1-2-4-5-3-1/h1-6H;2*1-4H. The summed E-state index contributed by atoms with van der Waals surface area (Å²) in [6.07, 6.45) is 0. The van der Waals surface area contributed by atoms with Crippen molar-refractivity contribution in [3.05, 3.63) is 82.2 Å². The highest BCUT2D eigenvalue weighted by atomic mass is 32.1. The van der Waals surface area contributed by atoms with E-state index in [0.717, 1.165) is 0 Å². The van der Waals surface area contributed by atoms with Gasteiger partial charge in [0, 0.05) is 0 Å². The van der Waals surface area contributed by atoms with E-state index >= 15 is 0 Å². The Hall–Kier alpha value is -1.38. The lowest BCUT2D eigenvalue weighted by molar-refractivity contribution is 1.72. The summed E-state index contributed by atoms with van der Waals surface area (Å²) in [6, 6.07) is 20.1. The lowest BCUT2D eigenvalue weighted by Gasteiger charge is -1.69. The van der Waals surface area contributed by atoms with Gasteiger partial charge in [0.15, 0.2) is 0 Å². The van der Waals surface area contributed by atoms with Crippen LogP contribution < -0.4 is 0 Å². The third-order valence-electron chi connectivity index (χ3n) is 1.52. The van der Waals surface area contributed by atoms with Gasteiger partial charge in [-0.15, -0.1) is 0 Å². The minimum atomic E-state index is 1.71. The second-order valence-electron chi connectivity index (χ2n) is 2.74. The second-order valence-corrected chi connectivity index (χ2v) is 4.37. The van der Waals surface area contributed by atoms with Crippen LogP contribution in [0.15, 0.2) is 82.2 Å². The predicted octanol–water partition coefficient (Wildman–Crippen LogP) is 5.18. The first-order valence-corrected chi connectivity index (χ1v) is 6.83. The maximum atomic E-state index is 2.04. The molecule has 0 spiro atoms. The van der Waals surface area contributed by atoms with Gasteiger partial charge < -0.3 is 0 Å². The average molecular weight is 246 g/mol. The van der Waals surface area contributed by atoms with Gasteiger partial charge in [-0.1, -0.05) is 60.7 Å². The molecule has 0 aliphatic heterocycles. The average Bonchev–Trinajstić information content (AvgIpc) is 3.10. The minimum Gasteiger partial charge on any atom is -0.152 e. The molecule has 1 aromatic carbocycles. The van der Waals surface area contributed by atoms with E-state index in [1.807, 2.05) is 82.2 Å². The predicted molar refractivity (Wildman–Crippen MR) is 75.1 cm³/mol. The molecular formula is C14H14S2. The Labute approximate surface area is 105 Å². The molecule has 82 valence electrons. The molecule has 0 radical (unpaired) electrons. The van der Waals surface area contributed by atoms with E-state index < -0.39 is 0 Å². The maximum absolute atomic E-state index is 2.04. The molecule has 2 heteroatoms. The Morgan fingerprint density at radius 2 is 0.562 bits per heavy atom. The monoisotopic (exact) mass is 246 g/mol. The Bertz CT molecular complexity index is 300. The zero-order chi connectivity index (χ0) is 11.3. The molecule has 0 bridgehead atoms. The summed E-state index contributed by atoms with van der Waals surface area (Å²) < 4.78 is 0. The van der Waals surface area contributed by atoms with Crippen LogP contribution in [0.25, 0.3) is 0 Å². The van der Waals surface area contributed by atoms with Gasteiger partial charge in [-0.05, 0) is 21.5 Å². The smallest absolute Gasteiger partial charge is 0.00934 e. The topological polar surface area (TPSA) is 0 Å². The fraction of sp³-hybridized carbons (Fsp3) is 0. The van der Waals surface area contributed by atoms with Crippen LogP contribution in [0.5, 0.6) is 0 Å². The van der Waals surface area contributed by atoms with Crippen molar-refractivity contribution in [1.82, 2.24) is 0 Å². The van der Waals surface area contributed by atoms with Gasteiger partial charge in [-0.25, -0.2) is 0 Å². The molecule has 0 aliphatic carbocycles. The van der Waals surface area contributed by atoms with Crippen LogP contribution in [0, 0.1) is 0 Å². The normalized spacial score (nSPS) is 8.00. The van der Waals surface area contributed by atoms with Gasteiger partial charge in [0.2, 0.25) is 0 Å². The minimum absolute atomic E-state index is 1.71. The highest BCUT2D eigenvalue weighted by Crippen LogP contribution is 1.92. The summed E-state index contributed by atoms with van der Waals surface area (Å²) in [5.41, 5.74) is 0. The van der Waals surface area contributed by atoms with Crippen molar-refractivity contribution >= 4 is 22.7 Å². The van der Waals surface area contributed by atoms with Gasteiger partial charge in [-0.2, -0.15) is 22.7 Å². The first-order chi connectivity index (χ1) is 8.00. The molecule has 0 saturated carbocycles. The molecule has 2 aromatic heterocycles. The van der Waals surface area contributed by atoms with E-state index in [1.165, 1.54) is 0 Å². The second kappa shape index (κ2) is 10.1. The lowest BCUT2D eigenvalue weighted by atomic mass is 10.4. The van der Waals surface area contributed by atoms with Crippen LogP contribution in [0.2, 0.25) is 0 Å². The summed E-state index contributed by atoms with van der Waals surface area (Å²) in [4.78, 5) is 0. The Balaban J connectivity index is 0.000000121. The van der Waals surface area contributed by atoms with Crippen molar-refractivity contribution in [2.45, 2.75) is 0 Å². The number of rotatable bonds is 0. The molecule has 0 amide bonds. The molecule has 0 unspecified atom stereocenters. The Kier molecular flexibility index (Phi) is 8.05. The molecular weight excluding hydrogens is 232 g/mol. The van der Waals surface area contributed by atoms with E-state index in [1.54, 1.807) is 22.7 Å². The van der Waals surface area contributed by atoms with E-state index in [2.05, 4.69) is 0 Å². The van der Waals surface area contributed by atoms with Crippen molar-refractivity contribution in [3.8, 4) is 0 Å². The molecule has 0 atom stereocenters. The Morgan fingerprint density at radius 3 is 0.688 bits per heavy atom. The molecule has 0 N–H and O–H groups in total. The van der Waals surface area contributed by atoms with Crippen LogP contribution in [0.1, 0.15) is 0 Å². The fourth-order valence-electron chi connectivity index (χ4n) is 0.839. The molecule has 0 aliphatic rings. The van der Waals surface area contributed by atoms with Crippen molar-refractivity contribution in [2.75, 3.05) is 0 Å². The highest BCUT2D eigenvalue weighted by Gasteiger charge is 1.59. The highest BCUT2D eigenvalue weighted by molar-refractivity contribution is 7.08. The Morgan fingerprint density at radius 1 is 0.312 bits per heavy atom. The van der Waals surface area contributed by atoms with Crippen LogP contribution >= 0.6 is 22.7 Å². The maximum Gasteiger partial charge on any atom is -0.00934 e. The van der Waals surface area contributed by atoms with Crippen molar-refractivity contribution in [3.63, 3.8) is 0 Å². The van der Waals surface area contributed by atoms with E-state index in [4.69, 9.17) is 0 Å². The largest absolute Gasteiger partial charge is 0.152 e. The molecule has 3 rings (SSSR count). The summed E-state index contributed by atoms with van der Waals surface area (Å²) in [6.45, 7) is 0. The molecule has 0 fully saturated rings. The molecule has 3 aromatic rings. The van der Waals surface area contributed by atoms with Crippen LogP contribution in [-0.4, -0.2) is 0 Å². The summed E-state index contributed by atoms with van der Waals surface area (Å²) in [7, 11) is 0. The number of hydrogen-bond donors (Lipinski definition) is 0. The van der Waals surface area contributed by atoms with Crippen LogP contribution in [0.3, 0.4) is 0 Å². The third kappa shape index (κ3) is 7.97. The van der Waals surface area contributed by atoms with E-state index in [0.29, 0.717) is 0 Å². The van der Waals surface area contributed by atoms with Crippen molar-refractivity contribution in [1.29, 1.82) is 0 Å². The third-order valence-corrected chi connectivity index (χ3v) is 2.77. The van der Waals surface area contributed by atoms with E-state index in [-0.39, 0.29) is 0 Å². The first kappa shape index (κ1) is 12.7. The fourth-order valence-corrected chi connectivity index (χ4v) is 1.75. The summed E-state index contributed by atoms with van der Waals surface area (Å²) in [5.74, 6) is 0. The van der Waals surface area contributed by atoms with Gasteiger partial charge in [0.05, 0.1) is 0 Å². The zero-order valence-corrected chi connectivity index (χ0v) is 10.5. The lowest BCUT2D eigenvalue weighted by Crippen LogP contribution is -1.47. The van der Waals surface area contributed by atoms with Crippen molar-refractivity contribution < 1.29 is 0 Å². The number of hydrogen-bond acceptors (Lipinski definition) is 2. The van der Waals surface area contributed by atoms with Crippen LogP contribution in [-0.2, 0) is 0 Å². The van der Waals surface area contributed by atoms with Crippen molar-refractivity contribution in [2.24, 2.45) is 0 Å². The molecule has 16 heavy (non-hydrogen) atoms. The first-order valence-electron chi connectivity index (χ1n) is 4.94. The van der Waals surface area contributed by atoms with Crippen LogP contribution in [0.4, 0.5) is 0 Å². The van der Waals surface area contributed by atoms with E-state index in [9.17, 15) is 0 Å². The van der Waals surface area contributed by atoms with Gasteiger partial charge in [0.25, 0.3) is 0 Å². The SMILES string of the molecule is c1ccccc1.c1ccsc1.c1ccsc1. The molecule has 0 saturated heterocycles. The summed E-state index contributed by atoms with van der Waals surface area (Å²) >= 11 is 3.43. The number of thiophene rings is 2. The summed E-state index contributed by atoms with van der Waals surface area (Å²) in [5, 5.41) is 8.17. The zero-order valence-electron chi connectivity index (χ0n) is 8.90. The number of benzene rings is 1. The molecule has 0 nitrogen and oxygen atoms in total. The van der Waals surface area contributed by atoms with Gasteiger partial charge in [-0.3, -0.25) is 0 Å².